The van der Waals surface area contributed by atoms with Crippen LogP contribution in [0.5, 0.6) is 0 Å². The van der Waals surface area contributed by atoms with Gasteiger partial charge in [0.1, 0.15) is 0 Å². The van der Waals surface area contributed by atoms with Crippen LogP contribution in [0.1, 0.15) is 31.7 Å². The van der Waals surface area contributed by atoms with E-state index in [0.717, 1.165) is 76.5 Å². The van der Waals surface area contributed by atoms with Gasteiger partial charge >= 0.3 is 0 Å². The number of carbonyl (C=O) groups excluding carboxylic acids is 2. The van der Waals surface area contributed by atoms with Crippen LogP contribution in [0, 0.1) is 12.8 Å². The molecule has 0 unspecified atom stereocenters. The molecule has 0 radical (unpaired) electrons. The summed E-state index contributed by atoms with van der Waals surface area (Å²) in [5, 5.41) is 2.94. The highest BCUT2D eigenvalue weighted by Gasteiger charge is 2.25. The number of anilines is 1. The van der Waals surface area contributed by atoms with Gasteiger partial charge in [-0.3, -0.25) is 19.4 Å². The number of nitrogens with zero attached hydrogens (tertiary/aromatic N) is 3. The molecule has 1 aromatic rings. The molecule has 0 spiro atoms. The van der Waals surface area contributed by atoms with Crippen molar-refractivity contribution in [1.29, 1.82) is 0 Å². The molecule has 2 heterocycles. The van der Waals surface area contributed by atoms with Gasteiger partial charge in [-0.05, 0) is 56.8 Å². The molecule has 0 aromatic heterocycles. The number of hydrogen-bond donors (Lipinski definition) is 1. The summed E-state index contributed by atoms with van der Waals surface area (Å²) in [6.45, 7) is 11.9. The van der Waals surface area contributed by atoms with Gasteiger partial charge < -0.3 is 15.0 Å². The number of nitrogens with one attached hydrogen (secondary N) is 1. The maximum absolute atomic E-state index is 12.9. The maximum atomic E-state index is 12.9. The lowest BCUT2D eigenvalue weighted by molar-refractivity contribution is -0.136. The van der Waals surface area contributed by atoms with Crippen molar-refractivity contribution in [1.82, 2.24) is 14.7 Å². The van der Waals surface area contributed by atoms with E-state index >= 15 is 0 Å². The van der Waals surface area contributed by atoms with Crippen molar-refractivity contribution in [2.75, 3.05) is 70.9 Å². The van der Waals surface area contributed by atoms with Gasteiger partial charge in [-0.25, -0.2) is 0 Å². The second-order valence-corrected chi connectivity index (χ2v) is 8.81. The molecule has 0 bridgehead atoms. The van der Waals surface area contributed by atoms with Gasteiger partial charge in [0.05, 0.1) is 26.3 Å². The number of likely N-dealkylation sites (tertiary alicyclic amines) is 1. The minimum absolute atomic E-state index is 0.0495. The molecule has 31 heavy (non-hydrogen) atoms. The Morgan fingerprint density at radius 3 is 2.48 bits per heavy atom. The summed E-state index contributed by atoms with van der Waals surface area (Å²) in [6.07, 6.45) is 3.10. The van der Waals surface area contributed by atoms with Crippen molar-refractivity contribution in [2.45, 2.75) is 33.1 Å². The van der Waals surface area contributed by atoms with E-state index in [1.165, 1.54) is 0 Å². The highest BCUT2D eigenvalue weighted by molar-refractivity contribution is 5.95. The van der Waals surface area contributed by atoms with E-state index in [9.17, 15) is 9.59 Å². The molecule has 7 heteroatoms. The van der Waals surface area contributed by atoms with Gasteiger partial charge in [0.15, 0.2) is 0 Å². The Kier molecular flexibility index (Phi) is 9.31. The van der Waals surface area contributed by atoms with Crippen molar-refractivity contribution in [3.05, 3.63) is 29.8 Å². The lowest BCUT2D eigenvalue weighted by Gasteiger charge is -2.36. The van der Waals surface area contributed by atoms with Gasteiger partial charge in [0, 0.05) is 31.9 Å². The first-order chi connectivity index (χ1) is 15.0. The first-order valence-electron chi connectivity index (χ1n) is 11.7. The molecular weight excluding hydrogens is 392 g/mol. The van der Waals surface area contributed by atoms with E-state index in [-0.39, 0.29) is 18.4 Å². The molecule has 1 N–H and O–H groups in total. The first kappa shape index (κ1) is 23.7. The quantitative estimate of drug-likeness (QED) is 0.651. The number of amides is 2. The molecule has 2 saturated heterocycles. The predicted molar refractivity (Wildman–Crippen MR) is 123 cm³/mol. The van der Waals surface area contributed by atoms with Crippen LogP contribution in [-0.2, 0) is 14.3 Å². The van der Waals surface area contributed by atoms with Crippen molar-refractivity contribution in [3.8, 4) is 0 Å². The van der Waals surface area contributed by atoms with Gasteiger partial charge in [-0.1, -0.05) is 25.1 Å². The van der Waals surface area contributed by atoms with Gasteiger partial charge in [-0.15, -0.1) is 0 Å². The average molecular weight is 431 g/mol. The average Bonchev–Trinajstić information content (AvgIpc) is 2.77. The first-order valence-corrected chi connectivity index (χ1v) is 11.7. The Morgan fingerprint density at radius 1 is 1.10 bits per heavy atom. The van der Waals surface area contributed by atoms with E-state index in [0.29, 0.717) is 19.0 Å². The summed E-state index contributed by atoms with van der Waals surface area (Å²) in [5.41, 5.74) is 1.82. The van der Waals surface area contributed by atoms with Crippen LogP contribution in [0.2, 0.25) is 0 Å². The summed E-state index contributed by atoms with van der Waals surface area (Å²) in [5.74, 6) is 0.616. The van der Waals surface area contributed by atoms with Crippen molar-refractivity contribution in [3.63, 3.8) is 0 Å². The highest BCUT2D eigenvalue weighted by Crippen LogP contribution is 2.19. The van der Waals surface area contributed by atoms with Crippen molar-refractivity contribution >= 4 is 17.5 Å². The Bertz CT molecular complexity index is 713. The molecule has 0 atom stereocenters. The molecule has 2 amide bonds. The number of benzene rings is 1. The van der Waals surface area contributed by atoms with E-state index in [1.54, 1.807) is 4.90 Å². The normalized spacial score (nSPS) is 18.6. The van der Waals surface area contributed by atoms with E-state index in [4.69, 9.17) is 4.74 Å². The fraction of sp³-hybridized carbons (Fsp3) is 0.667. The molecule has 2 aliphatic rings. The van der Waals surface area contributed by atoms with Crippen LogP contribution in [0.25, 0.3) is 0 Å². The molecule has 0 saturated carbocycles. The number of ether oxygens (including phenoxy) is 1. The van der Waals surface area contributed by atoms with Gasteiger partial charge in [0.25, 0.3) is 0 Å². The van der Waals surface area contributed by atoms with Crippen LogP contribution >= 0.6 is 0 Å². The second kappa shape index (κ2) is 12.2. The SMILES string of the molecule is CCCN(CC(=O)Nc1ccccc1C)C(=O)CN1CCC(CN2CCOCC2)CC1. The van der Waals surface area contributed by atoms with Crippen LogP contribution in [0.4, 0.5) is 5.69 Å². The summed E-state index contributed by atoms with van der Waals surface area (Å²) in [6, 6.07) is 7.70. The zero-order chi connectivity index (χ0) is 22.1. The summed E-state index contributed by atoms with van der Waals surface area (Å²) in [4.78, 5) is 31.9. The minimum atomic E-state index is -0.139. The van der Waals surface area contributed by atoms with Crippen LogP contribution in [0.3, 0.4) is 0 Å². The number of aryl methyl sites for hydroxylation is 1. The third-order valence-corrected chi connectivity index (χ3v) is 6.29. The topological polar surface area (TPSA) is 65.1 Å². The fourth-order valence-corrected chi connectivity index (χ4v) is 4.41. The van der Waals surface area contributed by atoms with Crippen LogP contribution in [0.15, 0.2) is 24.3 Å². The third kappa shape index (κ3) is 7.59. The van der Waals surface area contributed by atoms with E-state index in [1.807, 2.05) is 38.1 Å². The fourth-order valence-electron chi connectivity index (χ4n) is 4.41. The molecule has 7 nitrogen and oxygen atoms in total. The number of rotatable bonds is 9. The van der Waals surface area contributed by atoms with Crippen LogP contribution in [-0.4, -0.2) is 92.1 Å². The number of piperidine rings is 1. The second-order valence-electron chi connectivity index (χ2n) is 8.81. The smallest absolute Gasteiger partial charge is 0.244 e. The standard InChI is InChI=1S/C24H38N4O3/c1-3-10-28(18-23(29)25-22-7-5-4-6-20(22)2)24(30)19-26-11-8-21(9-12-26)17-27-13-15-31-16-14-27/h4-7,21H,3,8-19H2,1-2H3,(H,25,29). The summed E-state index contributed by atoms with van der Waals surface area (Å²) in [7, 11) is 0. The number of para-hydroxylation sites is 1. The molecule has 1 aromatic carbocycles. The van der Waals surface area contributed by atoms with Crippen LogP contribution < -0.4 is 5.32 Å². The molecule has 0 aliphatic carbocycles. The Labute approximate surface area is 186 Å². The lowest BCUT2D eigenvalue weighted by atomic mass is 9.96. The largest absolute Gasteiger partial charge is 0.379 e. The Morgan fingerprint density at radius 2 is 1.81 bits per heavy atom. The lowest BCUT2D eigenvalue weighted by Crippen LogP contribution is -2.47. The van der Waals surface area contributed by atoms with Crippen molar-refractivity contribution in [2.24, 2.45) is 5.92 Å². The maximum Gasteiger partial charge on any atom is 0.244 e. The Hall–Kier alpha value is -1.96. The van der Waals surface area contributed by atoms with E-state index < -0.39 is 0 Å². The van der Waals surface area contributed by atoms with Crippen molar-refractivity contribution < 1.29 is 14.3 Å². The summed E-state index contributed by atoms with van der Waals surface area (Å²) >= 11 is 0. The number of morpholine rings is 1. The predicted octanol–water partition coefficient (Wildman–Crippen LogP) is 2.22. The minimum Gasteiger partial charge on any atom is -0.379 e. The highest BCUT2D eigenvalue weighted by atomic mass is 16.5. The molecule has 3 rings (SSSR count). The van der Waals surface area contributed by atoms with Gasteiger partial charge in [0.2, 0.25) is 11.8 Å². The zero-order valence-electron chi connectivity index (χ0n) is 19.1. The van der Waals surface area contributed by atoms with Gasteiger partial charge in [-0.2, -0.15) is 0 Å². The molecule has 172 valence electrons. The zero-order valence-corrected chi connectivity index (χ0v) is 19.1. The monoisotopic (exact) mass is 430 g/mol. The third-order valence-electron chi connectivity index (χ3n) is 6.29. The molecule has 2 fully saturated rings. The number of carbonyl (C=O) groups is 2. The van der Waals surface area contributed by atoms with E-state index in [2.05, 4.69) is 15.1 Å². The molecular formula is C24H38N4O3. The Balaban J connectivity index is 1.43. The number of hydrogen-bond acceptors (Lipinski definition) is 5. The summed E-state index contributed by atoms with van der Waals surface area (Å²) < 4.78 is 5.44. The molecule has 2 aliphatic heterocycles.